The predicted molar refractivity (Wildman–Crippen MR) is 131 cm³/mol. The lowest BCUT2D eigenvalue weighted by Crippen LogP contribution is -2.37. The fourth-order valence-electron chi connectivity index (χ4n) is 3.85. The van der Waals surface area contributed by atoms with Crippen molar-refractivity contribution >= 4 is 22.8 Å². The van der Waals surface area contributed by atoms with Crippen LogP contribution in [0.4, 0.5) is 4.39 Å². The Bertz CT molecular complexity index is 1390. The summed E-state index contributed by atoms with van der Waals surface area (Å²) >= 11 is 0. The first-order valence-corrected chi connectivity index (χ1v) is 11.2. The summed E-state index contributed by atoms with van der Waals surface area (Å²) in [6, 6.07) is 13.0. The van der Waals surface area contributed by atoms with Gasteiger partial charge in [-0.15, -0.1) is 0 Å². The van der Waals surface area contributed by atoms with Crippen LogP contribution in [0.1, 0.15) is 21.5 Å². The number of halogens is 1. The SMILES string of the molecule is COc1ccc(Cn2ncc3cc(C(=O)NCC(Cc4ccc(F)cc4)C(N)=O)cnc32)c(OC)c1. The number of ether oxygens (including phenoxy) is 2. The van der Waals surface area contributed by atoms with E-state index in [-0.39, 0.29) is 24.7 Å². The second kappa shape index (κ2) is 10.9. The third-order valence-corrected chi connectivity index (χ3v) is 5.86. The highest BCUT2D eigenvalue weighted by molar-refractivity contribution is 5.97. The number of carbonyl (C=O) groups is 2. The number of hydrogen-bond donors (Lipinski definition) is 2. The average Bonchev–Trinajstić information content (AvgIpc) is 3.29. The van der Waals surface area contributed by atoms with E-state index in [1.54, 1.807) is 49.4 Å². The number of fused-ring (bicyclic) bond motifs is 1. The summed E-state index contributed by atoms with van der Waals surface area (Å²) in [5.74, 6) is -0.595. The Morgan fingerprint density at radius 3 is 2.56 bits per heavy atom. The van der Waals surface area contributed by atoms with Gasteiger partial charge in [0, 0.05) is 29.8 Å². The molecule has 10 heteroatoms. The minimum atomic E-state index is -0.640. The minimum Gasteiger partial charge on any atom is -0.497 e. The predicted octanol–water partition coefficient (Wildman–Crippen LogP) is 2.71. The van der Waals surface area contributed by atoms with E-state index in [1.807, 2.05) is 12.1 Å². The molecule has 186 valence electrons. The molecule has 0 aliphatic rings. The van der Waals surface area contributed by atoms with Crippen molar-refractivity contribution in [1.82, 2.24) is 20.1 Å². The molecule has 0 fully saturated rings. The summed E-state index contributed by atoms with van der Waals surface area (Å²) in [4.78, 5) is 29.1. The first-order valence-electron chi connectivity index (χ1n) is 11.2. The minimum absolute atomic E-state index is 0.0418. The van der Waals surface area contributed by atoms with Gasteiger partial charge in [-0.3, -0.25) is 9.59 Å². The molecule has 0 saturated carbocycles. The zero-order chi connectivity index (χ0) is 25.7. The van der Waals surface area contributed by atoms with Crippen LogP contribution >= 0.6 is 0 Å². The molecule has 9 nitrogen and oxygen atoms in total. The number of nitrogens with one attached hydrogen (secondary N) is 1. The largest absolute Gasteiger partial charge is 0.497 e. The van der Waals surface area contributed by atoms with Gasteiger partial charge in [-0.2, -0.15) is 5.10 Å². The van der Waals surface area contributed by atoms with Crippen molar-refractivity contribution in [2.24, 2.45) is 11.7 Å². The summed E-state index contributed by atoms with van der Waals surface area (Å²) < 4.78 is 25.6. The normalized spacial score (nSPS) is 11.8. The van der Waals surface area contributed by atoms with Gasteiger partial charge in [-0.1, -0.05) is 12.1 Å². The number of nitrogens with two attached hydrogens (primary N) is 1. The quantitative estimate of drug-likeness (QED) is 0.352. The van der Waals surface area contributed by atoms with E-state index in [0.717, 1.165) is 11.1 Å². The molecular formula is C26H26FN5O4. The lowest BCUT2D eigenvalue weighted by molar-refractivity contribution is -0.121. The van der Waals surface area contributed by atoms with Crippen molar-refractivity contribution in [3.05, 3.63) is 83.4 Å². The van der Waals surface area contributed by atoms with Crippen LogP contribution in [-0.2, 0) is 17.8 Å². The van der Waals surface area contributed by atoms with Gasteiger partial charge in [0.1, 0.15) is 17.3 Å². The number of aromatic nitrogens is 3. The van der Waals surface area contributed by atoms with Gasteiger partial charge >= 0.3 is 0 Å². The molecule has 3 N–H and O–H groups in total. The van der Waals surface area contributed by atoms with Gasteiger partial charge < -0.3 is 20.5 Å². The highest BCUT2D eigenvalue weighted by atomic mass is 19.1. The van der Waals surface area contributed by atoms with Crippen molar-refractivity contribution in [3.63, 3.8) is 0 Å². The highest BCUT2D eigenvalue weighted by Gasteiger charge is 2.19. The van der Waals surface area contributed by atoms with Crippen LogP contribution in [0.15, 0.2) is 60.9 Å². The van der Waals surface area contributed by atoms with Gasteiger partial charge in [0.05, 0.1) is 38.4 Å². The van der Waals surface area contributed by atoms with Crippen LogP contribution in [0.2, 0.25) is 0 Å². The van der Waals surface area contributed by atoms with Crippen molar-refractivity contribution in [1.29, 1.82) is 0 Å². The van der Waals surface area contributed by atoms with Crippen molar-refractivity contribution in [3.8, 4) is 11.5 Å². The Kier molecular flexibility index (Phi) is 7.43. The molecule has 2 aromatic heterocycles. The molecule has 2 heterocycles. The Hall–Kier alpha value is -4.47. The topological polar surface area (TPSA) is 121 Å². The van der Waals surface area contributed by atoms with Crippen LogP contribution < -0.4 is 20.5 Å². The molecule has 2 aromatic carbocycles. The monoisotopic (exact) mass is 491 g/mol. The zero-order valence-corrected chi connectivity index (χ0v) is 19.9. The molecule has 4 rings (SSSR count). The molecule has 0 aliphatic heterocycles. The van der Waals surface area contributed by atoms with Crippen LogP contribution in [0, 0.1) is 11.7 Å². The molecule has 0 aliphatic carbocycles. The van der Waals surface area contributed by atoms with E-state index >= 15 is 0 Å². The number of hydrogen-bond acceptors (Lipinski definition) is 6. The van der Waals surface area contributed by atoms with Crippen LogP contribution in [0.5, 0.6) is 11.5 Å². The molecule has 0 saturated heterocycles. The number of methoxy groups -OCH3 is 2. The third kappa shape index (κ3) is 5.60. The van der Waals surface area contributed by atoms with Crippen molar-refractivity contribution < 1.29 is 23.5 Å². The smallest absolute Gasteiger partial charge is 0.252 e. The van der Waals surface area contributed by atoms with Gasteiger partial charge in [0.25, 0.3) is 5.91 Å². The van der Waals surface area contributed by atoms with E-state index in [4.69, 9.17) is 15.2 Å². The second-order valence-corrected chi connectivity index (χ2v) is 8.26. The van der Waals surface area contributed by atoms with Crippen molar-refractivity contribution in [2.75, 3.05) is 20.8 Å². The summed E-state index contributed by atoms with van der Waals surface area (Å²) in [6.45, 7) is 0.457. The summed E-state index contributed by atoms with van der Waals surface area (Å²) in [5.41, 5.74) is 8.09. The molecule has 0 radical (unpaired) electrons. The molecule has 1 unspecified atom stereocenters. The number of nitrogens with zero attached hydrogens (tertiary/aromatic N) is 3. The van der Waals surface area contributed by atoms with Gasteiger partial charge in [0.15, 0.2) is 5.65 Å². The number of primary amides is 1. The van der Waals surface area contributed by atoms with E-state index in [2.05, 4.69) is 15.4 Å². The summed E-state index contributed by atoms with van der Waals surface area (Å²) in [5, 5.41) is 7.83. The lowest BCUT2D eigenvalue weighted by Gasteiger charge is -2.14. The number of pyridine rings is 1. The van der Waals surface area contributed by atoms with E-state index < -0.39 is 11.8 Å². The Balaban J connectivity index is 1.45. The summed E-state index contributed by atoms with van der Waals surface area (Å²) in [7, 11) is 3.18. The van der Waals surface area contributed by atoms with Gasteiger partial charge in [0.2, 0.25) is 5.91 Å². The van der Waals surface area contributed by atoms with E-state index in [1.165, 1.54) is 18.3 Å². The van der Waals surface area contributed by atoms with E-state index in [0.29, 0.717) is 34.6 Å². The number of amides is 2. The average molecular weight is 492 g/mol. The number of carbonyl (C=O) groups excluding carboxylic acids is 2. The standard InChI is InChI=1S/C26H26FN5O4/c1-35-22-8-5-17(23(11-22)36-2)15-32-25-19(14-31-32)10-20(13-29-25)26(34)30-12-18(24(28)33)9-16-3-6-21(27)7-4-16/h3-8,10-11,13-14,18H,9,12,15H2,1-2H3,(H2,28,33)(H,30,34). The molecule has 1 atom stereocenters. The number of benzene rings is 2. The molecule has 0 spiro atoms. The zero-order valence-electron chi connectivity index (χ0n) is 19.9. The molecular weight excluding hydrogens is 465 g/mol. The molecule has 2 amide bonds. The number of rotatable bonds is 10. The van der Waals surface area contributed by atoms with Gasteiger partial charge in [-0.25, -0.2) is 14.1 Å². The Morgan fingerprint density at radius 1 is 1.08 bits per heavy atom. The first-order chi connectivity index (χ1) is 17.4. The lowest BCUT2D eigenvalue weighted by atomic mass is 9.98. The Morgan fingerprint density at radius 2 is 1.86 bits per heavy atom. The van der Waals surface area contributed by atoms with Crippen molar-refractivity contribution in [2.45, 2.75) is 13.0 Å². The second-order valence-electron chi connectivity index (χ2n) is 8.26. The fraction of sp³-hybridized carbons (Fsp3) is 0.231. The fourth-order valence-corrected chi connectivity index (χ4v) is 3.85. The third-order valence-electron chi connectivity index (χ3n) is 5.86. The maximum Gasteiger partial charge on any atom is 0.252 e. The summed E-state index contributed by atoms with van der Waals surface area (Å²) in [6.07, 6.45) is 3.38. The maximum absolute atomic E-state index is 13.1. The van der Waals surface area contributed by atoms with Crippen LogP contribution in [0.25, 0.3) is 11.0 Å². The van der Waals surface area contributed by atoms with Gasteiger partial charge in [-0.05, 0) is 42.3 Å². The first kappa shape index (κ1) is 24.6. The molecule has 4 aromatic rings. The van der Waals surface area contributed by atoms with E-state index in [9.17, 15) is 14.0 Å². The van der Waals surface area contributed by atoms with Crippen LogP contribution in [-0.4, -0.2) is 47.3 Å². The molecule has 36 heavy (non-hydrogen) atoms. The maximum atomic E-state index is 13.1. The highest BCUT2D eigenvalue weighted by Crippen LogP contribution is 2.26. The molecule has 0 bridgehead atoms. The Labute approximate surface area is 207 Å². The van der Waals surface area contributed by atoms with Crippen LogP contribution in [0.3, 0.4) is 0 Å².